The van der Waals surface area contributed by atoms with E-state index in [-0.39, 0.29) is 11.6 Å². The van der Waals surface area contributed by atoms with Crippen LogP contribution in [0.1, 0.15) is 5.56 Å². The molecule has 0 spiro atoms. The normalized spacial score (nSPS) is 19.2. The highest BCUT2D eigenvalue weighted by Gasteiger charge is 2.34. The second kappa shape index (κ2) is 7.80. The second-order valence-electron chi connectivity index (χ2n) is 6.16. The molecule has 0 aliphatic carbocycles. The fourth-order valence-corrected chi connectivity index (χ4v) is 4.35. The van der Waals surface area contributed by atoms with Crippen molar-refractivity contribution in [3.05, 3.63) is 64.8 Å². The van der Waals surface area contributed by atoms with Crippen LogP contribution in [0.3, 0.4) is 0 Å². The summed E-state index contributed by atoms with van der Waals surface area (Å²) in [5.74, 6) is -0.766. The average molecular weight is 401 g/mol. The van der Waals surface area contributed by atoms with Gasteiger partial charge in [0.25, 0.3) is 5.91 Å². The first-order chi connectivity index (χ1) is 13.1. The van der Waals surface area contributed by atoms with Crippen molar-refractivity contribution < 1.29 is 13.9 Å². The molecule has 1 amide bonds. The molecule has 27 heavy (non-hydrogen) atoms. The van der Waals surface area contributed by atoms with Crippen molar-refractivity contribution in [2.75, 3.05) is 36.1 Å². The van der Waals surface area contributed by atoms with Gasteiger partial charge in [0.05, 0.1) is 23.8 Å². The van der Waals surface area contributed by atoms with Crippen molar-refractivity contribution >= 4 is 51.7 Å². The van der Waals surface area contributed by atoms with E-state index in [9.17, 15) is 9.18 Å². The number of halogens is 1. The Kier molecular flexibility index (Phi) is 5.24. The van der Waals surface area contributed by atoms with Crippen LogP contribution in [-0.2, 0) is 9.53 Å². The quantitative estimate of drug-likeness (QED) is 0.573. The number of carbonyl (C=O) groups is 1. The van der Waals surface area contributed by atoms with Crippen LogP contribution >= 0.6 is 24.0 Å². The molecule has 138 valence electrons. The first-order valence-corrected chi connectivity index (χ1v) is 9.81. The molecule has 0 radical (unpaired) electrons. The molecular formula is C20H17FN2O2S2. The number of hydrogen-bond donors (Lipinski definition) is 0. The molecule has 2 aromatic rings. The van der Waals surface area contributed by atoms with E-state index >= 15 is 0 Å². The zero-order valence-corrected chi connectivity index (χ0v) is 16.1. The van der Waals surface area contributed by atoms with Crippen molar-refractivity contribution in [2.45, 2.75) is 0 Å². The maximum Gasteiger partial charge on any atom is 0.270 e. The Morgan fingerprint density at radius 2 is 1.78 bits per heavy atom. The predicted octanol–water partition coefficient (Wildman–Crippen LogP) is 4.07. The summed E-state index contributed by atoms with van der Waals surface area (Å²) < 4.78 is 19.8. The summed E-state index contributed by atoms with van der Waals surface area (Å²) in [5, 5.41) is 0. The van der Waals surface area contributed by atoms with Crippen molar-refractivity contribution in [2.24, 2.45) is 0 Å². The van der Waals surface area contributed by atoms with Gasteiger partial charge in [-0.1, -0.05) is 48.2 Å². The van der Waals surface area contributed by atoms with Gasteiger partial charge in [-0.2, -0.15) is 0 Å². The number of rotatable bonds is 3. The van der Waals surface area contributed by atoms with E-state index < -0.39 is 5.82 Å². The molecule has 2 fully saturated rings. The summed E-state index contributed by atoms with van der Waals surface area (Å²) in [6.07, 6.45) is 1.79. The second-order valence-corrected chi connectivity index (χ2v) is 7.84. The molecule has 4 nitrogen and oxygen atoms in total. The summed E-state index contributed by atoms with van der Waals surface area (Å²) in [6, 6.07) is 14.2. The number of para-hydroxylation sites is 1. The molecule has 0 N–H and O–H groups in total. The van der Waals surface area contributed by atoms with Crippen molar-refractivity contribution in [3.8, 4) is 0 Å². The lowest BCUT2D eigenvalue weighted by atomic mass is 10.1. The van der Waals surface area contributed by atoms with E-state index in [2.05, 4.69) is 4.90 Å². The van der Waals surface area contributed by atoms with Crippen LogP contribution in [0.2, 0.25) is 0 Å². The standard InChI is InChI=1S/C20H17FN2O2S2/c21-16-3-1-2-4-17(16)23-19(24)18(27-20(23)26)13-14-5-7-15(8-6-14)22-9-11-25-12-10-22/h1-8,13H,9-12H2/b18-13-. The fourth-order valence-electron chi connectivity index (χ4n) is 3.06. The Morgan fingerprint density at radius 1 is 1.07 bits per heavy atom. The minimum atomic E-state index is -0.468. The Bertz CT molecular complexity index is 908. The zero-order valence-electron chi connectivity index (χ0n) is 14.4. The molecule has 0 unspecified atom stereocenters. The number of ether oxygens (including phenoxy) is 1. The number of hydrogen-bond acceptors (Lipinski definition) is 5. The van der Waals surface area contributed by atoms with E-state index in [0.717, 1.165) is 37.6 Å². The summed E-state index contributed by atoms with van der Waals surface area (Å²) >= 11 is 6.49. The number of thioether (sulfide) groups is 1. The van der Waals surface area contributed by atoms with Crippen LogP contribution in [-0.4, -0.2) is 36.5 Å². The van der Waals surface area contributed by atoms with Crippen LogP contribution < -0.4 is 9.80 Å². The van der Waals surface area contributed by atoms with E-state index in [1.165, 1.54) is 22.7 Å². The van der Waals surface area contributed by atoms with Crippen molar-refractivity contribution in [1.29, 1.82) is 0 Å². The first-order valence-electron chi connectivity index (χ1n) is 8.59. The zero-order chi connectivity index (χ0) is 18.8. The van der Waals surface area contributed by atoms with Crippen LogP contribution in [0, 0.1) is 5.82 Å². The van der Waals surface area contributed by atoms with Crippen LogP contribution in [0.25, 0.3) is 6.08 Å². The molecule has 2 aliphatic heterocycles. The number of amides is 1. The van der Waals surface area contributed by atoms with Gasteiger partial charge in [-0.15, -0.1) is 0 Å². The molecule has 2 aromatic carbocycles. The van der Waals surface area contributed by atoms with Gasteiger partial charge in [-0.3, -0.25) is 9.69 Å². The van der Waals surface area contributed by atoms with Gasteiger partial charge in [-0.05, 0) is 35.9 Å². The molecule has 0 bridgehead atoms. The van der Waals surface area contributed by atoms with Crippen molar-refractivity contribution in [3.63, 3.8) is 0 Å². The highest BCUT2D eigenvalue weighted by Crippen LogP contribution is 2.37. The number of benzene rings is 2. The topological polar surface area (TPSA) is 32.8 Å². The molecule has 2 aliphatic rings. The minimum Gasteiger partial charge on any atom is -0.378 e. The Morgan fingerprint density at radius 3 is 2.48 bits per heavy atom. The van der Waals surface area contributed by atoms with Gasteiger partial charge in [0.1, 0.15) is 5.82 Å². The van der Waals surface area contributed by atoms with Gasteiger partial charge in [0, 0.05) is 18.8 Å². The lowest BCUT2D eigenvalue weighted by Crippen LogP contribution is -2.36. The monoisotopic (exact) mass is 400 g/mol. The van der Waals surface area contributed by atoms with Gasteiger partial charge in [-0.25, -0.2) is 4.39 Å². The number of carbonyl (C=O) groups excluding carboxylic acids is 1. The van der Waals surface area contributed by atoms with Gasteiger partial charge >= 0.3 is 0 Å². The summed E-state index contributed by atoms with van der Waals surface area (Å²) in [7, 11) is 0. The summed E-state index contributed by atoms with van der Waals surface area (Å²) in [5.41, 5.74) is 2.22. The molecule has 0 atom stereocenters. The molecule has 0 saturated carbocycles. The predicted molar refractivity (Wildman–Crippen MR) is 112 cm³/mol. The molecular weight excluding hydrogens is 383 g/mol. The number of nitrogens with zero attached hydrogens (tertiary/aromatic N) is 2. The number of thiocarbonyl (C=S) groups is 1. The van der Waals surface area contributed by atoms with Gasteiger partial charge in [0.15, 0.2) is 4.32 Å². The Hall–Kier alpha value is -2.22. The third kappa shape index (κ3) is 3.76. The Balaban J connectivity index is 1.55. The van der Waals surface area contributed by atoms with Crippen molar-refractivity contribution in [1.82, 2.24) is 0 Å². The Labute approximate surface area is 166 Å². The average Bonchev–Trinajstić information content (AvgIpc) is 2.97. The molecule has 2 heterocycles. The first kappa shape index (κ1) is 18.2. The lowest BCUT2D eigenvalue weighted by Gasteiger charge is -2.28. The smallest absolute Gasteiger partial charge is 0.270 e. The highest BCUT2D eigenvalue weighted by molar-refractivity contribution is 8.27. The maximum absolute atomic E-state index is 14.1. The van der Waals surface area contributed by atoms with E-state index in [4.69, 9.17) is 17.0 Å². The SMILES string of the molecule is O=C1/C(=C/c2ccc(N3CCOCC3)cc2)SC(=S)N1c1ccccc1F. The van der Waals surface area contributed by atoms with Gasteiger partial charge in [0.2, 0.25) is 0 Å². The molecule has 7 heteroatoms. The summed E-state index contributed by atoms with van der Waals surface area (Å²) in [4.78, 5) is 16.8. The van der Waals surface area contributed by atoms with E-state index in [1.807, 2.05) is 24.3 Å². The van der Waals surface area contributed by atoms with Crippen LogP contribution in [0.4, 0.5) is 15.8 Å². The summed E-state index contributed by atoms with van der Waals surface area (Å²) in [6.45, 7) is 3.22. The lowest BCUT2D eigenvalue weighted by molar-refractivity contribution is -0.113. The van der Waals surface area contributed by atoms with E-state index in [1.54, 1.807) is 24.3 Å². The maximum atomic E-state index is 14.1. The molecule has 4 rings (SSSR count). The number of anilines is 2. The van der Waals surface area contributed by atoms with E-state index in [0.29, 0.717) is 9.23 Å². The van der Waals surface area contributed by atoms with Gasteiger partial charge < -0.3 is 9.64 Å². The minimum absolute atomic E-state index is 0.186. The molecule has 2 saturated heterocycles. The van der Waals surface area contributed by atoms with Crippen LogP contribution in [0.15, 0.2) is 53.4 Å². The number of morpholine rings is 1. The fraction of sp³-hybridized carbons (Fsp3) is 0.200. The third-order valence-electron chi connectivity index (χ3n) is 4.45. The highest BCUT2D eigenvalue weighted by atomic mass is 32.2. The third-order valence-corrected chi connectivity index (χ3v) is 5.76. The largest absolute Gasteiger partial charge is 0.378 e. The van der Waals surface area contributed by atoms with Crippen LogP contribution in [0.5, 0.6) is 0 Å². The molecule has 0 aromatic heterocycles.